The van der Waals surface area contributed by atoms with Crippen LogP contribution in [-0.4, -0.2) is 18.4 Å². The van der Waals surface area contributed by atoms with E-state index in [9.17, 15) is 9.59 Å². The van der Waals surface area contributed by atoms with Gasteiger partial charge in [0.15, 0.2) is 0 Å². The fourth-order valence-corrected chi connectivity index (χ4v) is 3.23. The largest absolute Gasteiger partial charge is 0.355 e. The predicted octanol–water partition coefficient (Wildman–Crippen LogP) is 4.96. The van der Waals surface area contributed by atoms with Gasteiger partial charge in [-0.1, -0.05) is 34.9 Å². The van der Waals surface area contributed by atoms with Crippen LogP contribution in [0.1, 0.15) is 46.0 Å². The van der Waals surface area contributed by atoms with Gasteiger partial charge in [0.25, 0.3) is 0 Å². The standard InChI is InChI=1S/C19H24Cl2N2O2/c1-19(2,17(24)22-9-8-13-6-4-3-5-7-13)18(25)23-16-11-14(20)10-15(21)12-16/h6,10-12H,3-5,7-9H2,1-2H3,(H,22,24)(H,23,25). The minimum atomic E-state index is -1.20. The SMILES string of the molecule is CC(C)(C(=O)NCCC1=CCCCC1)C(=O)Nc1cc(Cl)cc(Cl)c1. The molecule has 0 radical (unpaired) electrons. The van der Waals surface area contributed by atoms with E-state index in [4.69, 9.17) is 23.2 Å². The molecule has 0 atom stereocenters. The summed E-state index contributed by atoms with van der Waals surface area (Å²) in [5, 5.41) is 6.42. The third-order valence-electron chi connectivity index (χ3n) is 4.37. The van der Waals surface area contributed by atoms with Crippen molar-refractivity contribution >= 4 is 40.7 Å². The van der Waals surface area contributed by atoms with Gasteiger partial charge in [-0.2, -0.15) is 0 Å². The number of hydrogen-bond acceptors (Lipinski definition) is 2. The van der Waals surface area contributed by atoms with E-state index in [1.165, 1.54) is 18.4 Å². The number of anilines is 1. The summed E-state index contributed by atoms with van der Waals surface area (Å²) in [7, 11) is 0. The molecule has 2 N–H and O–H groups in total. The Kier molecular flexibility index (Phi) is 6.91. The molecule has 2 rings (SSSR count). The molecule has 0 aliphatic heterocycles. The van der Waals surface area contributed by atoms with Crippen LogP contribution in [0.4, 0.5) is 5.69 Å². The average molecular weight is 383 g/mol. The lowest BCUT2D eigenvalue weighted by Crippen LogP contribution is -2.45. The van der Waals surface area contributed by atoms with Crippen LogP contribution in [0.3, 0.4) is 0 Å². The topological polar surface area (TPSA) is 58.2 Å². The van der Waals surface area contributed by atoms with Crippen molar-refractivity contribution in [1.29, 1.82) is 0 Å². The number of carbonyl (C=O) groups is 2. The Hall–Kier alpha value is -1.52. The lowest BCUT2D eigenvalue weighted by Gasteiger charge is -2.23. The molecule has 6 heteroatoms. The zero-order valence-electron chi connectivity index (χ0n) is 14.6. The Labute approximate surface area is 159 Å². The molecule has 1 aromatic carbocycles. The number of carbonyl (C=O) groups excluding carboxylic acids is 2. The van der Waals surface area contributed by atoms with E-state index in [0.717, 1.165) is 19.3 Å². The maximum Gasteiger partial charge on any atom is 0.239 e. The van der Waals surface area contributed by atoms with Crippen molar-refractivity contribution in [1.82, 2.24) is 5.32 Å². The molecule has 0 aromatic heterocycles. The average Bonchev–Trinajstić information content (AvgIpc) is 2.54. The Morgan fingerprint density at radius 3 is 2.36 bits per heavy atom. The van der Waals surface area contributed by atoms with Gasteiger partial charge in [-0.25, -0.2) is 0 Å². The highest BCUT2D eigenvalue weighted by atomic mass is 35.5. The quantitative estimate of drug-likeness (QED) is 0.539. The van der Waals surface area contributed by atoms with Crippen LogP contribution in [0.2, 0.25) is 10.0 Å². The van der Waals surface area contributed by atoms with Crippen LogP contribution in [0.25, 0.3) is 0 Å². The number of benzene rings is 1. The van der Waals surface area contributed by atoms with Gasteiger partial charge in [-0.05, 0) is 64.2 Å². The van der Waals surface area contributed by atoms with Crippen molar-refractivity contribution in [3.63, 3.8) is 0 Å². The number of amides is 2. The smallest absolute Gasteiger partial charge is 0.239 e. The molecule has 1 aliphatic rings. The number of rotatable bonds is 6. The first-order chi connectivity index (χ1) is 11.8. The molecule has 0 saturated heterocycles. The van der Waals surface area contributed by atoms with Crippen molar-refractivity contribution < 1.29 is 9.59 Å². The molecule has 0 bridgehead atoms. The van der Waals surface area contributed by atoms with E-state index in [1.54, 1.807) is 32.0 Å². The second kappa shape index (κ2) is 8.72. The van der Waals surface area contributed by atoms with Crippen LogP contribution >= 0.6 is 23.2 Å². The fraction of sp³-hybridized carbons (Fsp3) is 0.474. The van der Waals surface area contributed by atoms with Gasteiger partial charge in [-0.15, -0.1) is 0 Å². The molecule has 25 heavy (non-hydrogen) atoms. The fourth-order valence-electron chi connectivity index (χ4n) is 2.71. The van der Waals surface area contributed by atoms with Crippen LogP contribution in [0.15, 0.2) is 29.8 Å². The Morgan fingerprint density at radius 2 is 1.76 bits per heavy atom. The molecule has 0 unspecified atom stereocenters. The molecule has 4 nitrogen and oxygen atoms in total. The van der Waals surface area contributed by atoms with Crippen LogP contribution in [0, 0.1) is 5.41 Å². The molecule has 1 aliphatic carbocycles. The van der Waals surface area contributed by atoms with E-state index in [2.05, 4.69) is 16.7 Å². The minimum absolute atomic E-state index is 0.297. The molecule has 0 spiro atoms. The van der Waals surface area contributed by atoms with E-state index < -0.39 is 11.3 Å². The maximum atomic E-state index is 12.5. The van der Waals surface area contributed by atoms with Gasteiger partial charge in [0, 0.05) is 22.3 Å². The second-order valence-corrected chi connectivity index (χ2v) is 7.72. The maximum absolute atomic E-state index is 12.5. The molecule has 136 valence electrons. The van der Waals surface area contributed by atoms with Crippen LogP contribution in [-0.2, 0) is 9.59 Å². The van der Waals surface area contributed by atoms with E-state index in [1.807, 2.05) is 0 Å². The van der Waals surface area contributed by atoms with E-state index >= 15 is 0 Å². The summed E-state index contributed by atoms with van der Waals surface area (Å²) in [4.78, 5) is 24.9. The van der Waals surface area contributed by atoms with Crippen molar-refractivity contribution in [2.45, 2.75) is 46.0 Å². The number of halogens is 2. The summed E-state index contributed by atoms with van der Waals surface area (Å²) in [6.07, 6.45) is 7.80. The molecule has 1 aromatic rings. The Balaban J connectivity index is 1.90. The third kappa shape index (κ3) is 5.75. The molecule has 0 fully saturated rings. The van der Waals surface area contributed by atoms with Crippen molar-refractivity contribution in [3.05, 3.63) is 39.9 Å². The minimum Gasteiger partial charge on any atom is -0.355 e. The number of nitrogens with one attached hydrogen (secondary N) is 2. The molecular weight excluding hydrogens is 359 g/mol. The molecular formula is C19H24Cl2N2O2. The highest BCUT2D eigenvalue weighted by molar-refractivity contribution is 6.35. The van der Waals surface area contributed by atoms with Crippen LogP contribution < -0.4 is 10.6 Å². The van der Waals surface area contributed by atoms with Gasteiger partial charge in [0.05, 0.1) is 0 Å². The monoisotopic (exact) mass is 382 g/mol. The number of hydrogen-bond donors (Lipinski definition) is 2. The van der Waals surface area contributed by atoms with Crippen molar-refractivity contribution in [2.24, 2.45) is 5.41 Å². The highest BCUT2D eigenvalue weighted by Crippen LogP contribution is 2.25. The first-order valence-corrected chi connectivity index (χ1v) is 9.28. The van der Waals surface area contributed by atoms with Gasteiger partial charge in [0.1, 0.15) is 5.41 Å². The van der Waals surface area contributed by atoms with Crippen molar-refractivity contribution in [3.8, 4) is 0 Å². The lowest BCUT2D eigenvalue weighted by molar-refractivity contribution is -0.138. The summed E-state index contributed by atoms with van der Waals surface area (Å²) >= 11 is 11.9. The normalized spacial score (nSPS) is 14.6. The Bertz CT molecular complexity index is 664. The van der Waals surface area contributed by atoms with Gasteiger partial charge in [0.2, 0.25) is 11.8 Å². The molecule has 2 amide bonds. The highest BCUT2D eigenvalue weighted by Gasteiger charge is 2.36. The number of allylic oxidation sites excluding steroid dienone is 1. The summed E-state index contributed by atoms with van der Waals surface area (Å²) in [5.74, 6) is -0.699. The summed E-state index contributed by atoms with van der Waals surface area (Å²) in [5.41, 5.74) is 0.661. The predicted molar refractivity (Wildman–Crippen MR) is 103 cm³/mol. The van der Waals surface area contributed by atoms with Gasteiger partial charge >= 0.3 is 0 Å². The third-order valence-corrected chi connectivity index (χ3v) is 4.81. The van der Waals surface area contributed by atoms with Gasteiger partial charge in [-0.3, -0.25) is 9.59 Å². The van der Waals surface area contributed by atoms with E-state index in [-0.39, 0.29) is 5.91 Å². The first-order valence-electron chi connectivity index (χ1n) is 8.53. The summed E-state index contributed by atoms with van der Waals surface area (Å²) < 4.78 is 0. The first kappa shape index (κ1) is 19.8. The Morgan fingerprint density at radius 1 is 1.08 bits per heavy atom. The molecule has 0 heterocycles. The summed E-state index contributed by atoms with van der Waals surface area (Å²) in [6, 6.07) is 4.76. The zero-order chi connectivity index (χ0) is 18.4. The zero-order valence-corrected chi connectivity index (χ0v) is 16.1. The molecule has 0 saturated carbocycles. The van der Waals surface area contributed by atoms with Crippen molar-refractivity contribution in [2.75, 3.05) is 11.9 Å². The van der Waals surface area contributed by atoms with Crippen LogP contribution in [0.5, 0.6) is 0 Å². The summed E-state index contributed by atoms with van der Waals surface area (Å²) in [6.45, 7) is 3.75. The van der Waals surface area contributed by atoms with Gasteiger partial charge < -0.3 is 10.6 Å². The lowest BCUT2D eigenvalue weighted by atomic mass is 9.90. The second-order valence-electron chi connectivity index (χ2n) is 6.85. The van der Waals surface area contributed by atoms with E-state index in [0.29, 0.717) is 22.3 Å².